The molecule has 1 unspecified atom stereocenters. The van der Waals surface area contributed by atoms with Gasteiger partial charge in [-0.3, -0.25) is 4.99 Å². The van der Waals surface area contributed by atoms with Crippen LogP contribution in [-0.4, -0.2) is 68.1 Å². The lowest BCUT2D eigenvalue weighted by Gasteiger charge is -2.36. The molecular weight excluding hydrogens is 329 g/mol. The number of piperazine rings is 1. The molecule has 1 atom stereocenters. The number of hydrogen-bond acceptors (Lipinski definition) is 3. The Morgan fingerprint density at radius 2 is 1.69 bits per heavy atom. The van der Waals surface area contributed by atoms with Crippen molar-refractivity contribution in [2.45, 2.75) is 26.2 Å². The number of hydrogen-bond donors (Lipinski definition) is 1. The summed E-state index contributed by atoms with van der Waals surface area (Å²) in [4.78, 5) is 11.6. The van der Waals surface area contributed by atoms with Crippen molar-refractivity contribution in [3.63, 3.8) is 0 Å². The number of nitrogens with zero attached hydrogens (tertiary/aromatic N) is 4. The number of guanidine groups is 1. The van der Waals surface area contributed by atoms with Crippen LogP contribution in [0.25, 0.3) is 0 Å². The molecule has 1 aromatic carbocycles. The second-order valence-electron chi connectivity index (χ2n) is 7.62. The summed E-state index contributed by atoms with van der Waals surface area (Å²) in [7, 11) is 0. The van der Waals surface area contributed by atoms with Crippen molar-refractivity contribution in [1.29, 1.82) is 0 Å². The summed E-state index contributed by atoms with van der Waals surface area (Å²) in [5, 5.41) is 0. The molecule has 2 N–H and O–H groups in total. The van der Waals surface area contributed by atoms with E-state index in [1.807, 2.05) is 12.1 Å². The zero-order valence-corrected chi connectivity index (χ0v) is 15.9. The number of benzene rings is 1. The summed E-state index contributed by atoms with van der Waals surface area (Å²) in [6.07, 6.45) is 4.03. The lowest BCUT2D eigenvalue weighted by atomic mass is 10.1. The normalized spacial score (nSPS) is 21.1. The predicted octanol–water partition coefficient (Wildman–Crippen LogP) is 2.38. The molecule has 5 nitrogen and oxygen atoms in total. The van der Waals surface area contributed by atoms with Crippen LogP contribution >= 0.6 is 0 Å². The highest BCUT2D eigenvalue weighted by Gasteiger charge is 2.19. The van der Waals surface area contributed by atoms with E-state index in [-0.39, 0.29) is 5.82 Å². The van der Waals surface area contributed by atoms with E-state index in [0.29, 0.717) is 11.9 Å². The van der Waals surface area contributed by atoms with E-state index >= 15 is 0 Å². The van der Waals surface area contributed by atoms with Crippen molar-refractivity contribution in [3.8, 4) is 0 Å². The Kier molecular flexibility index (Phi) is 6.72. The Morgan fingerprint density at radius 1 is 1.04 bits per heavy atom. The maximum absolute atomic E-state index is 13.1. The van der Waals surface area contributed by atoms with Gasteiger partial charge in [-0.15, -0.1) is 0 Å². The minimum Gasteiger partial charge on any atom is -0.370 e. The monoisotopic (exact) mass is 361 g/mol. The fourth-order valence-corrected chi connectivity index (χ4v) is 3.84. The molecule has 0 radical (unpaired) electrons. The van der Waals surface area contributed by atoms with Crippen LogP contribution < -0.4 is 10.6 Å². The van der Waals surface area contributed by atoms with E-state index in [2.05, 4.69) is 26.6 Å². The summed E-state index contributed by atoms with van der Waals surface area (Å²) in [5.41, 5.74) is 7.29. The van der Waals surface area contributed by atoms with Crippen LogP contribution in [0.1, 0.15) is 26.2 Å². The molecule has 2 saturated heterocycles. The largest absolute Gasteiger partial charge is 0.370 e. The van der Waals surface area contributed by atoms with Gasteiger partial charge in [-0.1, -0.05) is 13.3 Å². The van der Waals surface area contributed by atoms with Gasteiger partial charge in [-0.2, -0.15) is 0 Å². The topological polar surface area (TPSA) is 48.1 Å². The van der Waals surface area contributed by atoms with Crippen LogP contribution in [0, 0.1) is 11.7 Å². The molecule has 2 aliphatic rings. The van der Waals surface area contributed by atoms with E-state index < -0.39 is 0 Å². The van der Waals surface area contributed by atoms with E-state index in [1.54, 1.807) is 0 Å². The minimum absolute atomic E-state index is 0.192. The maximum atomic E-state index is 13.1. The van der Waals surface area contributed by atoms with Crippen molar-refractivity contribution in [1.82, 2.24) is 9.80 Å². The van der Waals surface area contributed by atoms with E-state index in [0.717, 1.165) is 45.0 Å². The summed E-state index contributed by atoms with van der Waals surface area (Å²) in [6.45, 7) is 10.1. The SMILES string of the molecule is CC(CN=C(N)N1CCN(c2ccc(F)cc2)CC1)CN1CCCCC1. The van der Waals surface area contributed by atoms with Crippen molar-refractivity contribution in [3.05, 3.63) is 30.1 Å². The van der Waals surface area contributed by atoms with Crippen molar-refractivity contribution >= 4 is 11.6 Å². The molecule has 26 heavy (non-hydrogen) atoms. The number of aliphatic imine (C=N–C) groups is 1. The molecule has 1 aromatic rings. The number of likely N-dealkylation sites (tertiary alicyclic amines) is 1. The molecule has 0 amide bonds. The number of rotatable bonds is 5. The first-order valence-corrected chi connectivity index (χ1v) is 9.89. The molecule has 3 rings (SSSR count). The van der Waals surface area contributed by atoms with Gasteiger partial charge in [0, 0.05) is 45.0 Å². The molecule has 2 heterocycles. The van der Waals surface area contributed by atoms with E-state index in [4.69, 9.17) is 5.73 Å². The van der Waals surface area contributed by atoms with Gasteiger partial charge < -0.3 is 20.4 Å². The van der Waals surface area contributed by atoms with Crippen LogP contribution in [0.4, 0.5) is 10.1 Å². The molecule has 2 aliphatic heterocycles. The van der Waals surface area contributed by atoms with Gasteiger partial charge in [0.15, 0.2) is 5.96 Å². The van der Waals surface area contributed by atoms with Crippen molar-refractivity contribution in [2.24, 2.45) is 16.6 Å². The summed E-state index contributed by atoms with van der Waals surface area (Å²) in [6, 6.07) is 6.71. The van der Waals surface area contributed by atoms with Crippen LogP contribution in [-0.2, 0) is 0 Å². The van der Waals surface area contributed by atoms with Gasteiger partial charge in [0.25, 0.3) is 0 Å². The molecule has 0 saturated carbocycles. The Hall–Kier alpha value is -1.82. The van der Waals surface area contributed by atoms with Gasteiger partial charge in [-0.25, -0.2) is 4.39 Å². The summed E-state index contributed by atoms with van der Waals surface area (Å²) < 4.78 is 13.1. The Balaban J connectivity index is 1.42. The molecule has 0 aromatic heterocycles. The Morgan fingerprint density at radius 3 is 2.35 bits per heavy atom. The highest BCUT2D eigenvalue weighted by molar-refractivity contribution is 5.78. The van der Waals surface area contributed by atoms with Gasteiger partial charge in [0.05, 0.1) is 0 Å². The van der Waals surface area contributed by atoms with Gasteiger partial charge in [-0.05, 0) is 56.1 Å². The molecule has 0 spiro atoms. The van der Waals surface area contributed by atoms with Gasteiger partial charge >= 0.3 is 0 Å². The predicted molar refractivity (Wildman–Crippen MR) is 106 cm³/mol. The highest BCUT2D eigenvalue weighted by atomic mass is 19.1. The lowest BCUT2D eigenvalue weighted by Crippen LogP contribution is -2.51. The average Bonchev–Trinajstić information content (AvgIpc) is 2.68. The smallest absolute Gasteiger partial charge is 0.191 e. The van der Waals surface area contributed by atoms with E-state index in [1.165, 1.54) is 44.5 Å². The summed E-state index contributed by atoms with van der Waals surface area (Å²) in [5.74, 6) is 1.00. The molecular formula is C20H32FN5. The minimum atomic E-state index is -0.192. The van der Waals surface area contributed by atoms with Crippen LogP contribution in [0.3, 0.4) is 0 Å². The lowest BCUT2D eigenvalue weighted by molar-refractivity contribution is 0.202. The van der Waals surface area contributed by atoms with Crippen molar-refractivity contribution < 1.29 is 4.39 Å². The zero-order chi connectivity index (χ0) is 18.4. The first kappa shape index (κ1) is 19.0. The fraction of sp³-hybridized carbons (Fsp3) is 0.650. The number of nitrogens with two attached hydrogens (primary N) is 1. The molecule has 2 fully saturated rings. The van der Waals surface area contributed by atoms with Crippen LogP contribution in [0.2, 0.25) is 0 Å². The standard InChI is InChI=1S/C20H32FN5/c1-17(16-24-9-3-2-4-10-24)15-23-20(22)26-13-11-25(12-14-26)19-7-5-18(21)6-8-19/h5-8,17H,2-4,9-16H2,1H3,(H2,22,23). The van der Waals surface area contributed by atoms with E-state index in [9.17, 15) is 4.39 Å². The Labute approximate surface area is 156 Å². The van der Waals surface area contributed by atoms with Crippen molar-refractivity contribution in [2.75, 3.05) is 57.3 Å². The van der Waals surface area contributed by atoms with Gasteiger partial charge in [0.2, 0.25) is 0 Å². The zero-order valence-electron chi connectivity index (χ0n) is 15.9. The van der Waals surface area contributed by atoms with Crippen LogP contribution in [0.5, 0.6) is 0 Å². The third kappa shape index (κ3) is 5.34. The second kappa shape index (κ2) is 9.21. The average molecular weight is 362 g/mol. The molecule has 6 heteroatoms. The fourth-order valence-electron chi connectivity index (χ4n) is 3.84. The van der Waals surface area contributed by atoms with Crippen LogP contribution in [0.15, 0.2) is 29.3 Å². The number of piperidine rings is 1. The molecule has 144 valence electrons. The van der Waals surface area contributed by atoms with Gasteiger partial charge in [0.1, 0.15) is 5.82 Å². The summed E-state index contributed by atoms with van der Waals surface area (Å²) >= 11 is 0. The number of anilines is 1. The molecule has 0 bridgehead atoms. The molecule has 0 aliphatic carbocycles. The first-order valence-electron chi connectivity index (χ1n) is 9.89. The second-order valence-corrected chi connectivity index (χ2v) is 7.62. The Bertz CT molecular complexity index is 574. The third-order valence-corrected chi connectivity index (χ3v) is 5.38. The first-order chi connectivity index (χ1) is 12.6. The quantitative estimate of drug-likeness (QED) is 0.646. The highest BCUT2D eigenvalue weighted by Crippen LogP contribution is 2.17. The third-order valence-electron chi connectivity index (χ3n) is 5.38. The number of halogens is 1. The maximum Gasteiger partial charge on any atom is 0.191 e.